The zero-order chi connectivity index (χ0) is 17.9. The van der Waals surface area contributed by atoms with Crippen LogP contribution in [0.3, 0.4) is 0 Å². The van der Waals surface area contributed by atoms with E-state index in [1.807, 2.05) is 42.5 Å². The van der Waals surface area contributed by atoms with Crippen molar-refractivity contribution in [3.63, 3.8) is 0 Å². The van der Waals surface area contributed by atoms with Gasteiger partial charge in [-0.15, -0.1) is 0 Å². The van der Waals surface area contributed by atoms with Crippen molar-refractivity contribution in [2.75, 3.05) is 11.9 Å². The van der Waals surface area contributed by atoms with Gasteiger partial charge in [0, 0.05) is 23.0 Å². The predicted molar refractivity (Wildman–Crippen MR) is 102 cm³/mol. The van der Waals surface area contributed by atoms with Gasteiger partial charge < -0.3 is 10.1 Å². The van der Waals surface area contributed by atoms with Crippen LogP contribution in [0, 0.1) is 0 Å². The molecular formula is C20H22BrNO3. The number of carbonyl (C=O) groups excluding carboxylic acids is 2. The van der Waals surface area contributed by atoms with Crippen LogP contribution in [0.25, 0.3) is 0 Å². The number of amides is 1. The van der Waals surface area contributed by atoms with Crippen molar-refractivity contribution >= 4 is 33.5 Å². The Kier molecular flexibility index (Phi) is 8.19. The fourth-order valence-electron chi connectivity index (χ4n) is 2.33. The summed E-state index contributed by atoms with van der Waals surface area (Å²) in [7, 11) is 0. The summed E-state index contributed by atoms with van der Waals surface area (Å²) in [4.78, 5) is 23.5. The summed E-state index contributed by atoms with van der Waals surface area (Å²) in [5, 5.41) is 2.80. The third-order valence-electron chi connectivity index (χ3n) is 3.63. The molecule has 0 atom stereocenters. The number of hydrogen-bond donors (Lipinski definition) is 1. The van der Waals surface area contributed by atoms with Crippen molar-refractivity contribution in [1.82, 2.24) is 0 Å². The Labute approximate surface area is 156 Å². The van der Waals surface area contributed by atoms with Gasteiger partial charge in [0.1, 0.15) is 0 Å². The number of carbonyl (C=O) groups is 2. The van der Waals surface area contributed by atoms with Gasteiger partial charge in [0.25, 0.3) is 0 Å². The lowest BCUT2D eigenvalue weighted by molar-refractivity contribution is -0.143. The molecule has 4 nitrogen and oxygen atoms in total. The molecule has 0 aliphatic heterocycles. The number of rotatable bonds is 9. The van der Waals surface area contributed by atoms with Gasteiger partial charge in [0.15, 0.2) is 0 Å². The Balaban J connectivity index is 1.54. The molecular weight excluding hydrogens is 382 g/mol. The molecule has 2 aromatic carbocycles. The molecule has 25 heavy (non-hydrogen) atoms. The van der Waals surface area contributed by atoms with Crippen LogP contribution in [0.4, 0.5) is 5.69 Å². The van der Waals surface area contributed by atoms with Crippen molar-refractivity contribution in [2.24, 2.45) is 0 Å². The average Bonchev–Trinajstić information content (AvgIpc) is 2.62. The van der Waals surface area contributed by atoms with E-state index in [2.05, 4.69) is 33.4 Å². The third-order valence-corrected chi connectivity index (χ3v) is 4.16. The molecule has 0 aromatic heterocycles. The normalized spacial score (nSPS) is 10.3. The van der Waals surface area contributed by atoms with E-state index in [4.69, 9.17) is 4.74 Å². The van der Waals surface area contributed by atoms with Crippen molar-refractivity contribution in [3.05, 3.63) is 64.6 Å². The summed E-state index contributed by atoms with van der Waals surface area (Å²) in [5.41, 5.74) is 1.99. The zero-order valence-electron chi connectivity index (χ0n) is 14.0. The summed E-state index contributed by atoms with van der Waals surface area (Å²) >= 11 is 3.34. The molecule has 1 amide bonds. The first-order valence-corrected chi connectivity index (χ1v) is 9.18. The van der Waals surface area contributed by atoms with E-state index in [-0.39, 0.29) is 18.3 Å². The number of aryl methyl sites for hydroxylation is 1. The Morgan fingerprint density at radius 1 is 0.920 bits per heavy atom. The monoisotopic (exact) mass is 403 g/mol. The smallest absolute Gasteiger partial charge is 0.305 e. The topological polar surface area (TPSA) is 55.4 Å². The summed E-state index contributed by atoms with van der Waals surface area (Å²) < 4.78 is 6.16. The Morgan fingerprint density at radius 2 is 1.64 bits per heavy atom. The van der Waals surface area contributed by atoms with Gasteiger partial charge >= 0.3 is 5.97 Å². The summed E-state index contributed by atoms with van der Waals surface area (Å²) in [6.07, 6.45) is 2.75. The molecule has 0 saturated heterocycles. The molecule has 2 rings (SSSR count). The number of anilines is 1. The number of nitrogens with one attached hydrogen (secondary N) is 1. The molecule has 0 aliphatic carbocycles. The standard InChI is InChI=1S/C20H22BrNO3/c21-17-11-13-18(14-12-17)22-19(23)9-4-10-20(24)25-15-5-8-16-6-2-1-3-7-16/h1-3,6-7,11-14H,4-5,8-10,15H2,(H,22,23). The molecule has 0 saturated carbocycles. The highest BCUT2D eigenvalue weighted by Gasteiger charge is 2.07. The maximum absolute atomic E-state index is 11.8. The minimum atomic E-state index is -0.246. The molecule has 0 fully saturated rings. The molecule has 132 valence electrons. The molecule has 0 heterocycles. The number of halogens is 1. The van der Waals surface area contributed by atoms with Crippen LogP contribution in [0.1, 0.15) is 31.2 Å². The second-order valence-corrected chi connectivity index (χ2v) is 6.63. The molecule has 0 unspecified atom stereocenters. The highest BCUT2D eigenvalue weighted by molar-refractivity contribution is 9.10. The van der Waals surface area contributed by atoms with E-state index in [0.717, 1.165) is 23.0 Å². The van der Waals surface area contributed by atoms with Gasteiger partial charge in [-0.1, -0.05) is 46.3 Å². The molecule has 0 spiro atoms. The minimum absolute atomic E-state index is 0.0980. The summed E-state index contributed by atoms with van der Waals surface area (Å²) in [6, 6.07) is 17.5. The van der Waals surface area contributed by atoms with E-state index in [1.54, 1.807) is 0 Å². The van der Waals surface area contributed by atoms with E-state index >= 15 is 0 Å². The van der Waals surface area contributed by atoms with Crippen molar-refractivity contribution in [3.8, 4) is 0 Å². The van der Waals surface area contributed by atoms with Crippen LogP contribution in [-0.4, -0.2) is 18.5 Å². The lowest BCUT2D eigenvalue weighted by Gasteiger charge is -2.06. The van der Waals surface area contributed by atoms with Crippen LogP contribution in [-0.2, 0) is 20.7 Å². The van der Waals surface area contributed by atoms with Crippen molar-refractivity contribution in [1.29, 1.82) is 0 Å². The summed E-state index contributed by atoms with van der Waals surface area (Å²) in [6.45, 7) is 0.415. The van der Waals surface area contributed by atoms with Crippen molar-refractivity contribution in [2.45, 2.75) is 32.1 Å². The predicted octanol–water partition coefficient (Wildman–Crippen LogP) is 4.73. The first-order valence-electron chi connectivity index (χ1n) is 8.38. The Hall–Kier alpha value is -2.14. The lowest BCUT2D eigenvalue weighted by Crippen LogP contribution is -2.13. The van der Waals surface area contributed by atoms with Gasteiger partial charge in [-0.25, -0.2) is 0 Å². The third kappa shape index (κ3) is 7.98. The second-order valence-electron chi connectivity index (χ2n) is 5.72. The number of benzene rings is 2. The van der Waals surface area contributed by atoms with E-state index < -0.39 is 0 Å². The SMILES string of the molecule is O=C(CCCC(=O)OCCCc1ccccc1)Nc1ccc(Br)cc1. The molecule has 0 bridgehead atoms. The van der Waals surface area contributed by atoms with Gasteiger partial charge in [-0.2, -0.15) is 0 Å². The van der Waals surface area contributed by atoms with Gasteiger partial charge in [-0.3, -0.25) is 9.59 Å². The van der Waals surface area contributed by atoms with E-state index in [9.17, 15) is 9.59 Å². The maximum Gasteiger partial charge on any atom is 0.305 e. The molecule has 2 aromatic rings. The fourth-order valence-corrected chi connectivity index (χ4v) is 2.59. The first-order chi connectivity index (χ1) is 12.1. The number of esters is 1. The highest BCUT2D eigenvalue weighted by atomic mass is 79.9. The Morgan fingerprint density at radius 3 is 2.36 bits per heavy atom. The molecule has 5 heteroatoms. The number of hydrogen-bond acceptors (Lipinski definition) is 3. The van der Waals surface area contributed by atoms with Gasteiger partial charge in [0.05, 0.1) is 6.61 Å². The molecule has 0 radical (unpaired) electrons. The van der Waals surface area contributed by atoms with Crippen LogP contribution < -0.4 is 5.32 Å². The van der Waals surface area contributed by atoms with Crippen LogP contribution in [0.2, 0.25) is 0 Å². The van der Waals surface area contributed by atoms with Crippen LogP contribution >= 0.6 is 15.9 Å². The molecule has 1 N–H and O–H groups in total. The minimum Gasteiger partial charge on any atom is -0.466 e. The van der Waals surface area contributed by atoms with E-state index in [0.29, 0.717) is 19.4 Å². The van der Waals surface area contributed by atoms with Crippen LogP contribution in [0.5, 0.6) is 0 Å². The lowest BCUT2D eigenvalue weighted by atomic mass is 10.1. The highest BCUT2D eigenvalue weighted by Crippen LogP contribution is 2.14. The van der Waals surface area contributed by atoms with Gasteiger partial charge in [-0.05, 0) is 49.1 Å². The number of ether oxygens (including phenoxy) is 1. The van der Waals surface area contributed by atoms with Crippen LogP contribution in [0.15, 0.2) is 59.1 Å². The van der Waals surface area contributed by atoms with Gasteiger partial charge in [0.2, 0.25) is 5.91 Å². The van der Waals surface area contributed by atoms with E-state index in [1.165, 1.54) is 5.56 Å². The first kappa shape index (κ1) is 19.2. The Bertz CT molecular complexity index is 671. The zero-order valence-corrected chi connectivity index (χ0v) is 15.6. The maximum atomic E-state index is 11.8. The largest absolute Gasteiger partial charge is 0.466 e. The fraction of sp³-hybridized carbons (Fsp3) is 0.300. The summed E-state index contributed by atoms with van der Waals surface area (Å²) in [5.74, 6) is -0.344. The van der Waals surface area contributed by atoms with Crippen molar-refractivity contribution < 1.29 is 14.3 Å². The second kappa shape index (κ2) is 10.7. The average molecular weight is 404 g/mol. The quantitative estimate of drug-likeness (QED) is 0.486. The molecule has 0 aliphatic rings.